The molecule has 2 N–H and O–H groups in total. The van der Waals surface area contributed by atoms with Gasteiger partial charge < -0.3 is 10.6 Å². The molecule has 17 heavy (non-hydrogen) atoms. The van der Waals surface area contributed by atoms with Gasteiger partial charge in [-0.1, -0.05) is 38.1 Å². The summed E-state index contributed by atoms with van der Waals surface area (Å²) in [5, 5.41) is 0. The van der Waals surface area contributed by atoms with Gasteiger partial charge in [-0.25, -0.2) is 0 Å². The molecule has 92 valence electrons. The van der Waals surface area contributed by atoms with Crippen molar-refractivity contribution in [3.05, 3.63) is 35.4 Å². The fraction of sp³-hybridized carbons (Fsp3) is 0.500. The Hall–Kier alpha value is -1.35. The zero-order chi connectivity index (χ0) is 12.4. The van der Waals surface area contributed by atoms with Crippen molar-refractivity contribution in [1.29, 1.82) is 0 Å². The summed E-state index contributed by atoms with van der Waals surface area (Å²) in [4.78, 5) is 14.3. The Labute approximate surface area is 103 Å². The summed E-state index contributed by atoms with van der Waals surface area (Å²) in [6.07, 6.45) is 0. The Morgan fingerprint density at radius 1 is 1.29 bits per heavy atom. The number of benzene rings is 1. The van der Waals surface area contributed by atoms with Crippen LogP contribution in [-0.2, 0) is 17.9 Å². The van der Waals surface area contributed by atoms with Crippen LogP contribution in [0.15, 0.2) is 24.3 Å². The Bertz CT molecular complexity index is 389. The molecule has 2 rings (SSSR count). The number of carbonyl (C=O) groups excluding carboxylic acids is 1. The molecule has 1 amide bonds. The normalized spacial score (nSPS) is 16.1. The Balaban J connectivity index is 2.10. The summed E-state index contributed by atoms with van der Waals surface area (Å²) in [7, 11) is 0. The number of fused-ring (bicyclic) bond motifs is 1. The van der Waals surface area contributed by atoms with Crippen LogP contribution in [0.2, 0.25) is 0 Å². The Morgan fingerprint density at radius 2 is 1.82 bits per heavy atom. The minimum absolute atomic E-state index is 0.0516. The zero-order valence-electron chi connectivity index (χ0n) is 10.5. The van der Waals surface area contributed by atoms with E-state index >= 15 is 0 Å². The number of rotatable bonds is 3. The van der Waals surface area contributed by atoms with Gasteiger partial charge in [0.15, 0.2) is 0 Å². The lowest BCUT2D eigenvalue weighted by molar-refractivity contribution is -0.137. The van der Waals surface area contributed by atoms with Gasteiger partial charge in [-0.15, -0.1) is 0 Å². The molecule has 3 nitrogen and oxygen atoms in total. The minimum atomic E-state index is -0.0516. The molecule has 1 heterocycles. The highest BCUT2D eigenvalue weighted by atomic mass is 16.2. The van der Waals surface area contributed by atoms with E-state index in [0.29, 0.717) is 12.5 Å². The van der Waals surface area contributed by atoms with Crippen LogP contribution in [0.1, 0.15) is 25.0 Å². The SMILES string of the molecule is CC(C)C(CN)C(=O)N1Cc2ccccc2C1. The van der Waals surface area contributed by atoms with Crippen LogP contribution in [-0.4, -0.2) is 17.4 Å². The Morgan fingerprint density at radius 3 is 2.24 bits per heavy atom. The quantitative estimate of drug-likeness (QED) is 0.863. The molecule has 1 aromatic rings. The standard InChI is InChI=1S/C14H20N2O/c1-10(2)13(7-15)14(17)16-8-11-5-3-4-6-12(11)9-16/h3-6,10,13H,7-9,15H2,1-2H3. The first kappa shape index (κ1) is 12.1. The summed E-state index contributed by atoms with van der Waals surface area (Å²) in [5.74, 6) is 0.444. The maximum atomic E-state index is 12.3. The Kier molecular flexibility index (Phi) is 3.48. The van der Waals surface area contributed by atoms with Crippen molar-refractivity contribution in [3.63, 3.8) is 0 Å². The van der Waals surface area contributed by atoms with Gasteiger partial charge in [-0.05, 0) is 17.0 Å². The molecule has 0 aliphatic carbocycles. The second-order valence-corrected chi connectivity index (χ2v) is 5.05. The van der Waals surface area contributed by atoms with Crippen LogP contribution in [0, 0.1) is 11.8 Å². The average Bonchev–Trinajstić information content (AvgIpc) is 2.72. The van der Waals surface area contributed by atoms with Crippen molar-refractivity contribution >= 4 is 5.91 Å². The van der Waals surface area contributed by atoms with Crippen LogP contribution < -0.4 is 5.73 Å². The highest BCUT2D eigenvalue weighted by Gasteiger charge is 2.29. The van der Waals surface area contributed by atoms with Gasteiger partial charge in [-0.2, -0.15) is 0 Å². The van der Waals surface area contributed by atoms with Gasteiger partial charge in [0.25, 0.3) is 0 Å². The summed E-state index contributed by atoms with van der Waals surface area (Å²) >= 11 is 0. The number of amides is 1. The lowest BCUT2D eigenvalue weighted by Crippen LogP contribution is -2.38. The molecule has 1 unspecified atom stereocenters. The lowest BCUT2D eigenvalue weighted by atomic mass is 9.94. The number of nitrogens with two attached hydrogens (primary N) is 1. The molecule has 1 aliphatic rings. The predicted molar refractivity (Wildman–Crippen MR) is 68.1 cm³/mol. The topological polar surface area (TPSA) is 46.3 Å². The van der Waals surface area contributed by atoms with Crippen LogP contribution in [0.25, 0.3) is 0 Å². The molecule has 1 aromatic carbocycles. The first-order valence-electron chi connectivity index (χ1n) is 6.19. The van der Waals surface area contributed by atoms with Crippen molar-refractivity contribution in [2.75, 3.05) is 6.54 Å². The van der Waals surface area contributed by atoms with E-state index in [4.69, 9.17) is 5.73 Å². The summed E-state index contributed by atoms with van der Waals surface area (Å²) in [5.41, 5.74) is 8.23. The molecule has 0 bridgehead atoms. The molecule has 0 fully saturated rings. The third kappa shape index (κ3) is 2.34. The molecule has 3 heteroatoms. The van der Waals surface area contributed by atoms with Gasteiger partial charge in [0.1, 0.15) is 0 Å². The fourth-order valence-electron chi connectivity index (χ4n) is 2.38. The first-order valence-corrected chi connectivity index (χ1v) is 6.19. The maximum Gasteiger partial charge on any atom is 0.227 e. The maximum absolute atomic E-state index is 12.3. The zero-order valence-corrected chi connectivity index (χ0v) is 10.5. The van der Waals surface area contributed by atoms with E-state index in [1.807, 2.05) is 17.0 Å². The molecule has 1 atom stereocenters. The fourth-order valence-corrected chi connectivity index (χ4v) is 2.38. The van der Waals surface area contributed by atoms with Crippen molar-refractivity contribution < 1.29 is 4.79 Å². The largest absolute Gasteiger partial charge is 0.334 e. The number of nitrogens with zero attached hydrogens (tertiary/aromatic N) is 1. The van der Waals surface area contributed by atoms with Crippen LogP contribution in [0.4, 0.5) is 0 Å². The van der Waals surface area contributed by atoms with Crippen molar-refractivity contribution in [2.45, 2.75) is 26.9 Å². The molecule has 0 spiro atoms. The lowest BCUT2D eigenvalue weighted by Gasteiger charge is -2.24. The highest BCUT2D eigenvalue weighted by Crippen LogP contribution is 2.25. The smallest absolute Gasteiger partial charge is 0.227 e. The van der Waals surface area contributed by atoms with Gasteiger partial charge in [0.05, 0.1) is 5.92 Å². The predicted octanol–water partition coefficient (Wildman–Crippen LogP) is 1.76. The van der Waals surface area contributed by atoms with Crippen LogP contribution in [0.5, 0.6) is 0 Å². The monoisotopic (exact) mass is 232 g/mol. The van der Waals surface area contributed by atoms with Crippen molar-refractivity contribution in [2.24, 2.45) is 17.6 Å². The van der Waals surface area contributed by atoms with E-state index in [1.165, 1.54) is 11.1 Å². The van der Waals surface area contributed by atoms with E-state index in [9.17, 15) is 4.79 Å². The van der Waals surface area contributed by atoms with Crippen LogP contribution in [0.3, 0.4) is 0 Å². The molecular formula is C14H20N2O. The summed E-state index contributed by atoms with van der Waals surface area (Å²) in [6.45, 7) is 6.01. The number of hydrogen-bond acceptors (Lipinski definition) is 2. The molecular weight excluding hydrogens is 212 g/mol. The number of carbonyl (C=O) groups is 1. The molecule has 1 aliphatic heterocycles. The third-order valence-electron chi connectivity index (χ3n) is 3.53. The highest BCUT2D eigenvalue weighted by molar-refractivity contribution is 5.80. The van der Waals surface area contributed by atoms with Crippen molar-refractivity contribution in [3.8, 4) is 0 Å². The second-order valence-electron chi connectivity index (χ2n) is 5.05. The van der Waals surface area contributed by atoms with E-state index in [-0.39, 0.29) is 11.8 Å². The van der Waals surface area contributed by atoms with E-state index in [2.05, 4.69) is 26.0 Å². The molecule has 0 saturated carbocycles. The van der Waals surface area contributed by atoms with Crippen LogP contribution >= 0.6 is 0 Å². The van der Waals surface area contributed by atoms with Gasteiger partial charge >= 0.3 is 0 Å². The summed E-state index contributed by atoms with van der Waals surface area (Å²) < 4.78 is 0. The minimum Gasteiger partial charge on any atom is -0.334 e. The van der Waals surface area contributed by atoms with E-state index < -0.39 is 0 Å². The molecule has 0 radical (unpaired) electrons. The van der Waals surface area contributed by atoms with Gasteiger partial charge in [0, 0.05) is 19.6 Å². The van der Waals surface area contributed by atoms with E-state index in [0.717, 1.165) is 13.1 Å². The summed E-state index contributed by atoms with van der Waals surface area (Å²) in [6, 6.07) is 8.23. The van der Waals surface area contributed by atoms with E-state index in [1.54, 1.807) is 0 Å². The second kappa shape index (κ2) is 4.88. The van der Waals surface area contributed by atoms with Gasteiger partial charge in [-0.3, -0.25) is 4.79 Å². The molecule has 0 aromatic heterocycles. The van der Waals surface area contributed by atoms with Crippen molar-refractivity contribution in [1.82, 2.24) is 4.90 Å². The first-order chi connectivity index (χ1) is 8.13. The number of hydrogen-bond donors (Lipinski definition) is 1. The average molecular weight is 232 g/mol. The third-order valence-corrected chi connectivity index (χ3v) is 3.53. The molecule has 0 saturated heterocycles. The van der Waals surface area contributed by atoms with Gasteiger partial charge in [0.2, 0.25) is 5.91 Å².